The molecule has 0 amide bonds. The van der Waals surface area contributed by atoms with Gasteiger partial charge in [-0.3, -0.25) is 0 Å². The van der Waals surface area contributed by atoms with Crippen LogP contribution in [0.3, 0.4) is 0 Å². The zero-order valence-electron chi connectivity index (χ0n) is 10.7. The van der Waals surface area contributed by atoms with Gasteiger partial charge in [-0.15, -0.1) is 0 Å². The van der Waals surface area contributed by atoms with Crippen LogP contribution < -0.4 is 0 Å². The molecule has 1 fully saturated rings. The maximum absolute atomic E-state index is 12.1. The number of hydrogen-bond acceptors (Lipinski definition) is 4. The van der Waals surface area contributed by atoms with Gasteiger partial charge in [-0.25, -0.2) is 18.1 Å². The zero-order chi connectivity index (χ0) is 12.8. The Kier molecular flexibility index (Phi) is 2.92. The topological polar surface area (TPSA) is 64.8 Å². The summed E-state index contributed by atoms with van der Waals surface area (Å²) in [5, 5.41) is 3.99. The highest BCUT2D eigenvalue weighted by molar-refractivity contribution is 7.91. The van der Waals surface area contributed by atoms with Crippen LogP contribution in [0.2, 0.25) is 0 Å². The number of rotatable bonds is 1. The lowest BCUT2D eigenvalue weighted by Gasteiger charge is -2.19. The first-order valence-electron chi connectivity index (χ1n) is 6.74. The van der Waals surface area contributed by atoms with Crippen molar-refractivity contribution in [2.75, 3.05) is 5.75 Å². The normalized spacial score (nSPS) is 30.9. The Hall–Kier alpha value is -0.910. The number of hydrogen-bond donors (Lipinski definition) is 0. The molecule has 3 rings (SSSR count). The maximum Gasteiger partial charge on any atom is 0.169 e. The first-order chi connectivity index (χ1) is 8.58. The van der Waals surface area contributed by atoms with E-state index in [1.807, 2.05) is 4.68 Å². The standard InChI is InChI=1S/C12H19N3O2S/c1-9-5-4-7-15-12(9)13-11(14-15)10-6-2-3-8-18(10,16)17/h9-10H,2-8H2,1H3. The van der Waals surface area contributed by atoms with E-state index < -0.39 is 15.1 Å². The van der Waals surface area contributed by atoms with E-state index in [0.29, 0.717) is 18.2 Å². The summed E-state index contributed by atoms with van der Waals surface area (Å²) in [6, 6.07) is 0. The summed E-state index contributed by atoms with van der Waals surface area (Å²) in [6.07, 6.45) is 4.65. The lowest BCUT2D eigenvalue weighted by Crippen LogP contribution is -2.22. The summed E-state index contributed by atoms with van der Waals surface area (Å²) in [6.45, 7) is 3.01. The summed E-state index contributed by atoms with van der Waals surface area (Å²) in [4.78, 5) is 4.52. The van der Waals surface area contributed by atoms with Gasteiger partial charge in [0, 0.05) is 12.5 Å². The molecule has 0 spiro atoms. The third kappa shape index (κ3) is 1.96. The molecule has 1 aromatic rings. The molecule has 6 heteroatoms. The number of aryl methyl sites for hydroxylation is 1. The molecule has 100 valence electrons. The quantitative estimate of drug-likeness (QED) is 0.780. The summed E-state index contributed by atoms with van der Waals surface area (Å²) in [5.41, 5.74) is 0. The van der Waals surface area contributed by atoms with Gasteiger partial charge in [0.15, 0.2) is 15.7 Å². The minimum Gasteiger partial charge on any atom is -0.249 e. The lowest BCUT2D eigenvalue weighted by molar-refractivity contribution is 0.431. The molecular weight excluding hydrogens is 250 g/mol. The Bertz CT molecular complexity index is 550. The Morgan fingerprint density at radius 3 is 2.78 bits per heavy atom. The maximum atomic E-state index is 12.1. The molecule has 2 unspecified atom stereocenters. The fraction of sp³-hybridized carbons (Fsp3) is 0.833. The molecule has 3 heterocycles. The van der Waals surface area contributed by atoms with Gasteiger partial charge in [0.25, 0.3) is 0 Å². The second kappa shape index (κ2) is 4.33. The molecule has 0 N–H and O–H groups in total. The molecule has 0 aromatic carbocycles. The van der Waals surface area contributed by atoms with Gasteiger partial charge in [0.05, 0.1) is 5.75 Å². The van der Waals surface area contributed by atoms with Crippen molar-refractivity contribution in [3.8, 4) is 0 Å². The van der Waals surface area contributed by atoms with E-state index in [9.17, 15) is 8.42 Å². The summed E-state index contributed by atoms with van der Waals surface area (Å²) < 4.78 is 26.1. The van der Waals surface area contributed by atoms with Crippen LogP contribution in [0, 0.1) is 0 Å². The summed E-state index contributed by atoms with van der Waals surface area (Å²) >= 11 is 0. The van der Waals surface area contributed by atoms with Gasteiger partial charge in [-0.05, 0) is 25.7 Å². The van der Waals surface area contributed by atoms with E-state index in [1.165, 1.54) is 0 Å². The molecule has 2 aliphatic rings. The van der Waals surface area contributed by atoms with Crippen LogP contribution in [0.15, 0.2) is 0 Å². The average molecular weight is 269 g/mol. The van der Waals surface area contributed by atoms with Crippen molar-refractivity contribution in [2.45, 2.75) is 56.7 Å². The minimum atomic E-state index is -3.03. The SMILES string of the molecule is CC1CCCn2nc(C3CCCCS3(=O)=O)nc21. The first kappa shape index (κ1) is 12.1. The van der Waals surface area contributed by atoms with Crippen molar-refractivity contribution in [1.82, 2.24) is 14.8 Å². The molecule has 18 heavy (non-hydrogen) atoms. The van der Waals surface area contributed by atoms with Crippen LogP contribution in [0.4, 0.5) is 0 Å². The fourth-order valence-electron chi connectivity index (χ4n) is 2.96. The van der Waals surface area contributed by atoms with Gasteiger partial charge in [0.2, 0.25) is 0 Å². The highest BCUT2D eigenvalue weighted by Gasteiger charge is 2.34. The first-order valence-corrected chi connectivity index (χ1v) is 8.45. The van der Waals surface area contributed by atoms with Crippen molar-refractivity contribution in [3.63, 3.8) is 0 Å². The third-order valence-corrected chi connectivity index (χ3v) is 6.20. The van der Waals surface area contributed by atoms with Gasteiger partial charge >= 0.3 is 0 Å². The van der Waals surface area contributed by atoms with Gasteiger partial charge < -0.3 is 0 Å². The van der Waals surface area contributed by atoms with E-state index in [1.54, 1.807) is 0 Å². The predicted molar refractivity (Wildman–Crippen MR) is 68.0 cm³/mol. The van der Waals surface area contributed by atoms with Gasteiger partial charge in [-0.2, -0.15) is 5.10 Å². The smallest absolute Gasteiger partial charge is 0.169 e. The lowest BCUT2D eigenvalue weighted by atomic mass is 10.0. The van der Waals surface area contributed by atoms with E-state index >= 15 is 0 Å². The summed E-state index contributed by atoms with van der Waals surface area (Å²) in [7, 11) is -3.03. The zero-order valence-corrected chi connectivity index (χ0v) is 11.5. The van der Waals surface area contributed by atoms with E-state index in [-0.39, 0.29) is 5.75 Å². The Morgan fingerprint density at radius 2 is 2.06 bits per heavy atom. The Morgan fingerprint density at radius 1 is 1.22 bits per heavy atom. The van der Waals surface area contributed by atoms with Crippen molar-refractivity contribution < 1.29 is 8.42 Å². The predicted octanol–water partition coefficient (Wildman–Crippen LogP) is 1.82. The number of aromatic nitrogens is 3. The fourth-order valence-corrected chi connectivity index (χ4v) is 4.80. The largest absolute Gasteiger partial charge is 0.249 e. The van der Waals surface area contributed by atoms with Crippen LogP contribution in [0.5, 0.6) is 0 Å². The van der Waals surface area contributed by atoms with Crippen molar-refractivity contribution >= 4 is 9.84 Å². The minimum absolute atomic E-state index is 0.289. The van der Waals surface area contributed by atoms with Gasteiger partial charge in [0.1, 0.15) is 11.1 Å². The number of fused-ring (bicyclic) bond motifs is 1. The summed E-state index contributed by atoms with van der Waals surface area (Å²) in [5.74, 6) is 2.19. The van der Waals surface area contributed by atoms with Crippen molar-refractivity contribution in [2.24, 2.45) is 0 Å². The second-order valence-electron chi connectivity index (χ2n) is 5.45. The van der Waals surface area contributed by atoms with Gasteiger partial charge in [-0.1, -0.05) is 13.3 Å². The molecule has 2 atom stereocenters. The highest BCUT2D eigenvalue weighted by Crippen LogP contribution is 2.33. The molecule has 2 aliphatic heterocycles. The van der Waals surface area contributed by atoms with Crippen LogP contribution >= 0.6 is 0 Å². The monoisotopic (exact) mass is 269 g/mol. The van der Waals surface area contributed by atoms with Crippen molar-refractivity contribution in [1.29, 1.82) is 0 Å². The highest BCUT2D eigenvalue weighted by atomic mass is 32.2. The van der Waals surface area contributed by atoms with Crippen molar-refractivity contribution in [3.05, 3.63) is 11.6 Å². The molecule has 1 saturated heterocycles. The molecule has 5 nitrogen and oxygen atoms in total. The van der Waals surface area contributed by atoms with Crippen LogP contribution in [0.1, 0.15) is 61.8 Å². The third-order valence-electron chi connectivity index (χ3n) is 4.03. The molecule has 0 saturated carbocycles. The Balaban J connectivity index is 1.97. The number of nitrogens with zero attached hydrogens (tertiary/aromatic N) is 3. The Labute approximate surface area is 108 Å². The second-order valence-corrected chi connectivity index (χ2v) is 7.75. The van der Waals surface area contributed by atoms with Crippen LogP contribution in [0.25, 0.3) is 0 Å². The van der Waals surface area contributed by atoms with Crippen LogP contribution in [-0.2, 0) is 16.4 Å². The van der Waals surface area contributed by atoms with E-state index in [4.69, 9.17) is 0 Å². The van der Waals surface area contributed by atoms with E-state index in [2.05, 4.69) is 17.0 Å². The molecule has 0 radical (unpaired) electrons. The molecule has 1 aromatic heterocycles. The molecule has 0 aliphatic carbocycles. The molecular formula is C12H19N3O2S. The average Bonchev–Trinajstić information content (AvgIpc) is 2.73. The van der Waals surface area contributed by atoms with E-state index in [0.717, 1.165) is 38.1 Å². The van der Waals surface area contributed by atoms with Crippen LogP contribution in [-0.4, -0.2) is 28.9 Å². The molecule has 0 bridgehead atoms. The number of sulfone groups is 1.